The highest BCUT2D eigenvalue weighted by Crippen LogP contribution is 2.13. The van der Waals surface area contributed by atoms with Gasteiger partial charge < -0.3 is 0 Å². The van der Waals surface area contributed by atoms with E-state index in [1.807, 2.05) is 18.2 Å². The quantitative estimate of drug-likeness (QED) is 0.482. The van der Waals surface area contributed by atoms with Gasteiger partial charge in [-0.1, -0.05) is 12.2 Å². The van der Waals surface area contributed by atoms with Crippen molar-refractivity contribution >= 4 is 11.6 Å². The van der Waals surface area contributed by atoms with Crippen molar-refractivity contribution in [1.82, 2.24) is 0 Å². The SMILES string of the molecule is O=C1C=CC2=CC=CC2=N1. The molecule has 0 N–H and O–H groups in total. The summed E-state index contributed by atoms with van der Waals surface area (Å²) in [6.07, 6.45) is 8.91. The van der Waals surface area contributed by atoms with Crippen molar-refractivity contribution in [3.05, 3.63) is 36.0 Å². The lowest BCUT2D eigenvalue weighted by molar-refractivity contribution is -0.113. The van der Waals surface area contributed by atoms with Crippen LogP contribution in [0, 0.1) is 0 Å². The summed E-state index contributed by atoms with van der Waals surface area (Å²) >= 11 is 0. The molecule has 0 aromatic heterocycles. The number of amides is 1. The fourth-order valence-corrected chi connectivity index (χ4v) is 0.984. The van der Waals surface area contributed by atoms with Crippen molar-refractivity contribution < 1.29 is 4.79 Å². The van der Waals surface area contributed by atoms with Crippen LogP contribution in [0.2, 0.25) is 0 Å². The fourth-order valence-electron chi connectivity index (χ4n) is 0.984. The van der Waals surface area contributed by atoms with E-state index in [1.54, 1.807) is 6.08 Å². The third kappa shape index (κ3) is 0.658. The zero-order valence-corrected chi connectivity index (χ0v) is 5.24. The van der Waals surface area contributed by atoms with Crippen LogP contribution in [0.25, 0.3) is 0 Å². The maximum atomic E-state index is 10.7. The van der Waals surface area contributed by atoms with Gasteiger partial charge in [-0.25, -0.2) is 4.99 Å². The van der Waals surface area contributed by atoms with Gasteiger partial charge in [0.2, 0.25) is 0 Å². The zero-order valence-electron chi connectivity index (χ0n) is 5.24. The molecule has 1 aliphatic carbocycles. The molecule has 2 nitrogen and oxygen atoms in total. The molecule has 0 saturated carbocycles. The predicted octanol–water partition coefficient (Wildman–Crippen LogP) is 1.02. The molecule has 1 amide bonds. The summed E-state index contributed by atoms with van der Waals surface area (Å²) in [4.78, 5) is 14.5. The molecule has 2 aliphatic rings. The molecule has 1 aliphatic heterocycles. The Bertz CT molecular complexity index is 305. The maximum absolute atomic E-state index is 10.7. The first-order valence-electron chi connectivity index (χ1n) is 3.06. The fraction of sp³-hybridized carbons (Fsp3) is 0. The lowest BCUT2D eigenvalue weighted by Crippen LogP contribution is -2.03. The van der Waals surface area contributed by atoms with Crippen LogP contribution in [-0.4, -0.2) is 11.6 Å². The highest BCUT2D eigenvalue weighted by molar-refractivity contribution is 6.20. The third-order valence-electron chi connectivity index (χ3n) is 1.46. The summed E-state index contributed by atoms with van der Waals surface area (Å²) in [6.45, 7) is 0. The first kappa shape index (κ1) is 5.35. The van der Waals surface area contributed by atoms with Crippen molar-refractivity contribution in [2.45, 2.75) is 0 Å². The molecule has 0 radical (unpaired) electrons. The summed E-state index contributed by atoms with van der Waals surface area (Å²) in [5.41, 5.74) is 1.81. The number of nitrogens with zero attached hydrogens (tertiary/aromatic N) is 1. The molecule has 0 aromatic carbocycles. The van der Waals surface area contributed by atoms with Gasteiger partial charge in [0.25, 0.3) is 5.91 Å². The molecule has 2 heteroatoms. The summed E-state index contributed by atoms with van der Waals surface area (Å²) < 4.78 is 0. The minimum atomic E-state index is -0.168. The number of carbonyl (C=O) groups excluding carboxylic acids is 1. The molecule has 0 saturated heterocycles. The largest absolute Gasteiger partial charge is 0.270 e. The van der Waals surface area contributed by atoms with Crippen LogP contribution in [0.3, 0.4) is 0 Å². The molecule has 1 heterocycles. The summed E-state index contributed by atoms with van der Waals surface area (Å²) in [7, 11) is 0. The number of hydrogen-bond acceptors (Lipinski definition) is 1. The average molecular weight is 131 g/mol. The molecule has 0 atom stereocenters. The Morgan fingerprint density at radius 3 is 3.00 bits per heavy atom. The number of carbonyl (C=O) groups is 1. The number of hydrogen-bond donors (Lipinski definition) is 0. The van der Waals surface area contributed by atoms with Crippen LogP contribution in [0.1, 0.15) is 0 Å². The summed E-state index contributed by atoms with van der Waals surface area (Å²) in [5, 5.41) is 0. The molecule has 2 rings (SSSR count). The molecular weight excluding hydrogens is 126 g/mol. The Hall–Kier alpha value is -1.44. The van der Waals surface area contributed by atoms with Gasteiger partial charge in [0.1, 0.15) is 0 Å². The molecule has 0 bridgehead atoms. The minimum absolute atomic E-state index is 0.168. The number of allylic oxidation sites excluding steroid dienone is 5. The van der Waals surface area contributed by atoms with Gasteiger partial charge in [-0.2, -0.15) is 0 Å². The van der Waals surface area contributed by atoms with Gasteiger partial charge in [0, 0.05) is 11.6 Å². The van der Waals surface area contributed by atoms with Crippen LogP contribution in [0.4, 0.5) is 0 Å². The highest BCUT2D eigenvalue weighted by Gasteiger charge is 2.10. The summed E-state index contributed by atoms with van der Waals surface area (Å²) in [5.74, 6) is -0.168. The standard InChI is InChI=1S/C8H5NO/c10-8-5-4-6-2-1-3-7(6)9-8/h1-5H. The number of dihydropyridines is 1. The van der Waals surface area contributed by atoms with E-state index in [0.29, 0.717) is 0 Å². The number of aliphatic imine (C=N–C) groups is 1. The number of fused-ring (bicyclic) bond motifs is 1. The zero-order chi connectivity index (χ0) is 6.97. The molecule has 0 aromatic rings. The van der Waals surface area contributed by atoms with Gasteiger partial charge in [-0.15, -0.1) is 0 Å². The van der Waals surface area contributed by atoms with Gasteiger partial charge in [-0.05, 0) is 12.2 Å². The monoisotopic (exact) mass is 131 g/mol. The van der Waals surface area contributed by atoms with Crippen molar-refractivity contribution in [3.63, 3.8) is 0 Å². The van der Waals surface area contributed by atoms with Crippen molar-refractivity contribution in [3.8, 4) is 0 Å². The van der Waals surface area contributed by atoms with E-state index >= 15 is 0 Å². The van der Waals surface area contributed by atoms with Crippen molar-refractivity contribution in [1.29, 1.82) is 0 Å². The first-order valence-corrected chi connectivity index (χ1v) is 3.06. The van der Waals surface area contributed by atoms with Crippen LogP contribution in [-0.2, 0) is 4.79 Å². The Balaban J connectivity index is 2.51. The van der Waals surface area contributed by atoms with E-state index in [1.165, 1.54) is 6.08 Å². The molecule has 0 spiro atoms. The smallest absolute Gasteiger partial charge is 0.267 e. The van der Waals surface area contributed by atoms with E-state index in [4.69, 9.17) is 0 Å². The molecule has 48 valence electrons. The first-order chi connectivity index (χ1) is 4.86. The van der Waals surface area contributed by atoms with Gasteiger partial charge in [0.15, 0.2) is 0 Å². The second-order valence-corrected chi connectivity index (χ2v) is 2.15. The molecular formula is C8H5NO. The van der Waals surface area contributed by atoms with Crippen LogP contribution >= 0.6 is 0 Å². The van der Waals surface area contributed by atoms with E-state index in [0.717, 1.165) is 11.3 Å². The lowest BCUT2D eigenvalue weighted by Gasteiger charge is -1.99. The van der Waals surface area contributed by atoms with Crippen LogP contribution < -0.4 is 0 Å². The van der Waals surface area contributed by atoms with Crippen molar-refractivity contribution in [2.75, 3.05) is 0 Å². The average Bonchev–Trinajstić information content (AvgIpc) is 2.33. The molecule has 10 heavy (non-hydrogen) atoms. The maximum Gasteiger partial charge on any atom is 0.270 e. The van der Waals surface area contributed by atoms with E-state index < -0.39 is 0 Å². The van der Waals surface area contributed by atoms with E-state index in [2.05, 4.69) is 4.99 Å². The van der Waals surface area contributed by atoms with Crippen molar-refractivity contribution in [2.24, 2.45) is 4.99 Å². The van der Waals surface area contributed by atoms with Crippen LogP contribution in [0.5, 0.6) is 0 Å². The second kappa shape index (κ2) is 1.77. The normalized spacial score (nSPS) is 20.6. The molecule has 0 unspecified atom stereocenters. The van der Waals surface area contributed by atoms with Gasteiger partial charge >= 0.3 is 0 Å². The second-order valence-electron chi connectivity index (χ2n) is 2.15. The topological polar surface area (TPSA) is 29.4 Å². The van der Waals surface area contributed by atoms with Gasteiger partial charge in [-0.3, -0.25) is 4.79 Å². The Morgan fingerprint density at radius 2 is 2.10 bits per heavy atom. The predicted molar refractivity (Wildman–Crippen MR) is 38.8 cm³/mol. The number of rotatable bonds is 0. The summed E-state index contributed by atoms with van der Waals surface area (Å²) in [6, 6.07) is 0. The Morgan fingerprint density at radius 1 is 1.20 bits per heavy atom. The highest BCUT2D eigenvalue weighted by atomic mass is 16.1. The van der Waals surface area contributed by atoms with Crippen LogP contribution in [0.15, 0.2) is 40.9 Å². The van der Waals surface area contributed by atoms with Gasteiger partial charge in [0.05, 0.1) is 5.71 Å². The van der Waals surface area contributed by atoms with E-state index in [9.17, 15) is 4.79 Å². The molecule has 0 fully saturated rings. The Labute approximate surface area is 58.3 Å². The van der Waals surface area contributed by atoms with E-state index in [-0.39, 0.29) is 5.91 Å². The Kier molecular flexibility index (Phi) is 0.947. The lowest BCUT2D eigenvalue weighted by atomic mass is 10.1. The third-order valence-corrected chi connectivity index (χ3v) is 1.46. The minimum Gasteiger partial charge on any atom is -0.267 e.